The maximum atomic E-state index is 11.9. The molecule has 2 N–H and O–H groups in total. The lowest BCUT2D eigenvalue weighted by atomic mass is 10.0. The third-order valence-corrected chi connectivity index (χ3v) is 3.73. The SMILES string of the molecule is CCC(C)CC(C)NCc1nc2ccccc2c(=O)[nH]1. The Labute approximate surface area is 119 Å². The second-order valence-corrected chi connectivity index (χ2v) is 5.56. The first-order valence-corrected chi connectivity index (χ1v) is 7.31. The summed E-state index contributed by atoms with van der Waals surface area (Å²) in [6, 6.07) is 7.84. The van der Waals surface area contributed by atoms with E-state index in [-0.39, 0.29) is 5.56 Å². The molecule has 0 spiro atoms. The van der Waals surface area contributed by atoms with Crippen LogP contribution in [0.1, 0.15) is 39.4 Å². The summed E-state index contributed by atoms with van der Waals surface area (Å²) < 4.78 is 0. The van der Waals surface area contributed by atoms with Crippen molar-refractivity contribution in [3.63, 3.8) is 0 Å². The van der Waals surface area contributed by atoms with Gasteiger partial charge in [-0.3, -0.25) is 4.79 Å². The molecule has 0 saturated carbocycles. The molecule has 0 bridgehead atoms. The van der Waals surface area contributed by atoms with Gasteiger partial charge in [-0.1, -0.05) is 32.4 Å². The number of fused-ring (bicyclic) bond motifs is 1. The summed E-state index contributed by atoms with van der Waals surface area (Å²) in [7, 11) is 0. The van der Waals surface area contributed by atoms with Gasteiger partial charge in [0.2, 0.25) is 0 Å². The van der Waals surface area contributed by atoms with Crippen LogP contribution in [0, 0.1) is 5.92 Å². The van der Waals surface area contributed by atoms with Crippen molar-refractivity contribution in [2.75, 3.05) is 0 Å². The van der Waals surface area contributed by atoms with Crippen molar-refractivity contribution < 1.29 is 0 Å². The van der Waals surface area contributed by atoms with Crippen molar-refractivity contribution in [1.29, 1.82) is 0 Å². The molecule has 4 nitrogen and oxygen atoms in total. The third-order valence-electron chi connectivity index (χ3n) is 3.73. The molecule has 1 aromatic carbocycles. The molecule has 0 fully saturated rings. The molecular formula is C16H23N3O. The molecular weight excluding hydrogens is 250 g/mol. The van der Waals surface area contributed by atoms with Gasteiger partial charge in [0.05, 0.1) is 17.4 Å². The van der Waals surface area contributed by atoms with Crippen LogP contribution in [-0.2, 0) is 6.54 Å². The van der Waals surface area contributed by atoms with E-state index >= 15 is 0 Å². The highest BCUT2D eigenvalue weighted by molar-refractivity contribution is 5.77. The number of aromatic amines is 1. The summed E-state index contributed by atoms with van der Waals surface area (Å²) in [6.45, 7) is 7.23. The molecule has 4 heteroatoms. The van der Waals surface area contributed by atoms with Crippen LogP contribution in [0.2, 0.25) is 0 Å². The van der Waals surface area contributed by atoms with E-state index in [1.807, 2.05) is 18.2 Å². The fourth-order valence-electron chi connectivity index (χ4n) is 2.34. The molecule has 0 saturated heterocycles. The first-order chi connectivity index (χ1) is 9.60. The summed E-state index contributed by atoms with van der Waals surface area (Å²) in [5.41, 5.74) is 0.685. The van der Waals surface area contributed by atoms with Gasteiger partial charge in [-0.25, -0.2) is 4.98 Å². The largest absolute Gasteiger partial charge is 0.309 e. The highest BCUT2D eigenvalue weighted by atomic mass is 16.1. The van der Waals surface area contributed by atoms with Crippen LogP contribution in [0.15, 0.2) is 29.1 Å². The van der Waals surface area contributed by atoms with Gasteiger partial charge in [0.1, 0.15) is 5.82 Å². The van der Waals surface area contributed by atoms with Gasteiger partial charge in [0.15, 0.2) is 0 Å². The van der Waals surface area contributed by atoms with E-state index in [4.69, 9.17) is 0 Å². The number of H-pyrrole nitrogens is 1. The molecule has 0 aliphatic carbocycles. The number of benzene rings is 1. The molecule has 2 atom stereocenters. The van der Waals surface area contributed by atoms with Crippen LogP contribution in [-0.4, -0.2) is 16.0 Å². The first kappa shape index (κ1) is 14.7. The molecule has 0 aliphatic heterocycles. The minimum absolute atomic E-state index is 0.0676. The monoisotopic (exact) mass is 273 g/mol. The van der Waals surface area contributed by atoms with Crippen molar-refractivity contribution in [3.05, 3.63) is 40.4 Å². The lowest BCUT2D eigenvalue weighted by Crippen LogP contribution is -2.29. The van der Waals surface area contributed by atoms with Crippen LogP contribution < -0.4 is 10.9 Å². The van der Waals surface area contributed by atoms with Gasteiger partial charge < -0.3 is 10.3 Å². The molecule has 2 aromatic rings. The minimum Gasteiger partial charge on any atom is -0.309 e. The summed E-state index contributed by atoms with van der Waals surface area (Å²) in [5, 5.41) is 4.07. The Kier molecular flexibility index (Phi) is 4.90. The van der Waals surface area contributed by atoms with Crippen molar-refractivity contribution in [2.24, 2.45) is 5.92 Å². The van der Waals surface area contributed by atoms with Crippen LogP contribution >= 0.6 is 0 Å². The summed E-state index contributed by atoms with van der Waals surface area (Å²) >= 11 is 0. The number of nitrogens with one attached hydrogen (secondary N) is 2. The maximum Gasteiger partial charge on any atom is 0.258 e. The van der Waals surface area contributed by atoms with Gasteiger partial charge in [0.25, 0.3) is 5.56 Å². The lowest BCUT2D eigenvalue weighted by Gasteiger charge is -2.17. The van der Waals surface area contributed by atoms with Crippen molar-refractivity contribution in [2.45, 2.75) is 46.2 Å². The lowest BCUT2D eigenvalue weighted by molar-refractivity contribution is 0.409. The van der Waals surface area contributed by atoms with E-state index in [0.29, 0.717) is 29.7 Å². The van der Waals surface area contributed by atoms with Crippen molar-refractivity contribution in [3.8, 4) is 0 Å². The zero-order chi connectivity index (χ0) is 14.5. The summed E-state index contributed by atoms with van der Waals surface area (Å²) in [4.78, 5) is 19.3. The number of hydrogen-bond acceptors (Lipinski definition) is 3. The van der Waals surface area contributed by atoms with E-state index in [9.17, 15) is 4.79 Å². The first-order valence-electron chi connectivity index (χ1n) is 7.31. The van der Waals surface area contributed by atoms with E-state index in [1.54, 1.807) is 6.07 Å². The predicted octanol–water partition coefficient (Wildman–Crippen LogP) is 2.84. The highest BCUT2D eigenvalue weighted by Crippen LogP contribution is 2.10. The topological polar surface area (TPSA) is 57.8 Å². The quantitative estimate of drug-likeness (QED) is 0.851. The van der Waals surface area contributed by atoms with E-state index in [2.05, 4.69) is 36.1 Å². The van der Waals surface area contributed by atoms with Crippen LogP contribution in [0.5, 0.6) is 0 Å². The molecule has 1 aromatic heterocycles. The average Bonchev–Trinajstić information content (AvgIpc) is 2.45. The van der Waals surface area contributed by atoms with Gasteiger partial charge >= 0.3 is 0 Å². The molecule has 2 unspecified atom stereocenters. The standard InChI is InChI=1S/C16H23N3O/c1-4-11(2)9-12(3)17-10-15-18-14-8-6-5-7-13(14)16(20)19-15/h5-8,11-12,17H,4,9-10H2,1-3H3,(H,18,19,20). The van der Waals surface area contributed by atoms with Gasteiger partial charge in [-0.2, -0.15) is 0 Å². The maximum absolute atomic E-state index is 11.9. The third kappa shape index (κ3) is 3.67. The second kappa shape index (κ2) is 6.66. The number of para-hydroxylation sites is 1. The molecule has 108 valence electrons. The zero-order valence-electron chi connectivity index (χ0n) is 12.4. The van der Waals surface area contributed by atoms with E-state index in [0.717, 1.165) is 11.9 Å². The zero-order valence-corrected chi connectivity index (χ0v) is 12.4. The Morgan fingerprint density at radius 1 is 1.30 bits per heavy atom. The second-order valence-electron chi connectivity index (χ2n) is 5.56. The number of hydrogen-bond donors (Lipinski definition) is 2. The number of rotatable bonds is 6. The molecule has 1 heterocycles. The smallest absolute Gasteiger partial charge is 0.258 e. The van der Waals surface area contributed by atoms with Crippen LogP contribution in [0.4, 0.5) is 0 Å². The van der Waals surface area contributed by atoms with E-state index in [1.165, 1.54) is 6.42 Å². The summed E-state index contributed by atoms with van der Waals surface area (Å²) in [6.07, 6.45) is 2.32. The van der Waals surface area contributed by atoms with Crippen molar-refractivity contribution >= 4 is 10.9 Å². The Bertz CT molecular complexity index is 620. The predicted molar refractivity (Wildman–Crippen MR) is 82.7 cm³/mol. The summed E-state index contributed by atoms with van der Waals surface area (Å²) in [5.74, 6) is 1.41. The van der Waals surface area contributed by atoms with Crippen LogP contribution in [0.3, 0.4) is 0 Å². The molecule has 20 heavy (non-hydrogen) atoms. The highest BCUT2D eigenvalue weighted by Gasteiger charge is 2.08. The number of aromatic nitrogens is 2. The van der Waals surface area contributed by atoms with Gasteiger partial charge in [0, 0.05) is 6.04 Å². The Hall–Kier alpha value is -1.68. The molecule has 0 aliphatic rings. The minimum atomic E-state index is -0.0676. The van der Waals surface area contributed by atoms with Crippen LogP contribution in [0.25, 0.3) is 10.9 Å². The average molecular weight is 273 g/mol. The normalized spacial score (nSPS) is 14.3. The van der Waals surface area contributed by atoms with Gasteiger partial charge in [-0.15, -0.1) is 0 Å². The number of nitrogens with zero attached hydrogens (tertiary/aromatic N) is 1. The molecule has 0 radical (unpaired) electrons. The van der Waals surface area contributed by atoms with Gasteiger partial charge in [-0.05, 0) is 31.4 Å². The Morgan fingerprint density at radius 3 is 2.80 bits per heavy atom. The van der Waals surface area contributed by atoms with Crippen molar-refractivity contribution in [1.82, 2.24) is 15.3 Å². The molecule has 2 rings (SSSR count). The fraction of sp³-hybridized carbons (Fsp3) is 0.500. The Balaban J connectivity index is 2.05. The van der Waals surface area contributed by atoms with E-state index < -0.39 is 0 Å². The fourth-order valence-corrected chi connectivity index (χ4v) is 2.34. The Morgan fingerprint density at radius 2 is 2.05 bits per heavy atom. The molecule has 0 amide bonds.